The first kappa shape index (κ1) is 27.2. The lowest BCUT2D eigenvalue weighted by Gasteiger charge is -2.24. The van der Waals surface area contributed by atoms with Crippen molar-refractivity contribution in [3.05, 3.63) is 30.0 Å². The Kier molecular flexibility index (Phi) is 8.77. The molecule has 10 heteroatoms. The molecule has 0 spiro atoms. The van der Waals surface area contributed by atoms with Crippen LogP contribution >= 0.6 is 0 Å². The van der Waals surface area contributed by atoms with E-state index in [1.165, 1.54) is 18.2 Å². The van der Waals surface area contributed by atoms with Crippen molar-refractivity contribution >= 4 is 28.4 Å². The highest BCUT2D eigenvalue weighted by Crippen LogP contribution is 2.32. The van der Waals surface area contributed by atoms with Gasteiger partial charge in [0.25, 0.3) is 0 Å². The van der Waals surface area contributed by atoms with Crippen LogP contribution in [-0.4, -0.2) is 34.9 Å². The molecule has 3 rings (SSSR count). The highest BCUT2D eigenvalue weighted by Gasteiger charge is 2.33. The van der Waals surface area contributed by atoms with Crippen molar-refractivity contribution < 1.29 is 32.3 Å². The van der Waals surface area contributed by atoms with Gasteiger partial charge in [-0.1, -0.05) is 26.3 Å². The van der Waals surface area contributed by atoms with Gasteiger partial charge in [-0.15, -0.1) is 13.2 Å². The van der Waals surface area contributed by atoms with Crippen LogP contribution in [0, 0.1) is 29.1 Å². The maximum absolute atomic E-state index is 13.1. The molecule has 1 fully saturated rings. The molecule has 2 N–H and O–H groups in total. The number of carbonyl (C=O) groups excluding carboxylic acids is 3. The summed E-state index contributed by atoms with van der Waals surface area (Å²) in [4.78, 5) is 41.1. The van der Waals surface area contributed by atoms with E-state index in [0.717, 1.165) is 18.9 Å². The number of aromatic nitrogens is 1. The molecule has 1 aromatic carbocycles. The number of amides is 1. The van der Waals surface area contributed by atoms with Crippen LogP contribution in [0.4, 0.5) is 13.2 Å². The third-order valence-electron chi connectivity index (χ3n) is 6.38. The minimum absolute atomic E-state index is 0.0643. The number of nitriles is 1. The molecule has 7 nitrogen and oxygen atoms in total. The molecule has 2 aromatic rings. The smallest absolute Gasteiger partial charge is 0.405 e. The highest BCUT2D eigenvalue weighted by molar-refractivity contribution is 6.02. The number of fused-ring (bicyclic) bond motifs is 1. The van der Waals surface area contributed by atoms with Crippen molar-refractivity contribution in [2.75, 3.05) is 0 Å². The lowest BCUT2D eigenvalue weighted by molar-refractivity contribution is -0.274. The number of aromatic amines is 1. The predicted molar refractivity (Wildman–Crippen MR) is 126 cm³/mol. The summed E-state index contributed by atoms with van der Waals surface area (Å²) >= 11 is 0. The van der Waals surface area contributed by atoms with Crippen LogP contribution in [-0.2, 0) is 9.59 Å². The number of carbonyl (C=O) groups is 3. The Morgan fingerprint density at radius 3 is 2.67 bits per heavy atom. The van der Waals surface area contributed by atoms with Crippen molar-refractivity contribution in [1.29, 1.82) is 5.26 Å². The molecule has 0 saturated heterocycles. The minimum Gasteiger partial charge on any atom is -0.405 e. The average Bonchev–Trinajstić information content (AvgIpc) is 3.24. The largest absolute Gasteiger partial charge is 0.573 e. The number of Topliss-reactive ketones (excluding diaryl/α,β-unsaturated/α-hetero) is 2. The Bertz CT molecular complexity index is 1150. The fraction of sp³-hybridized carbons (Fsp3) is 0.538. The standard InChI is InChI=1S/C26H30F3N3O4/c1-15(2)10-17(25(35)31-18(14-30)11-16-6-3-4-8-22(16)33)12-23(34)21-13-19-20(32-21)7-5-9-24(19)36-26(27,28)29/h5,7,9,13,15-18,32H,3-4,6,8,10-12H2,1-2H3,(H,31,35)/t16-,17+,18-/m0/s1. The highest BCUT2D eigenvalue weighted by atomic mass is 19.4. The van der Waals surface area contributed by atoms with Gasteiger partial charge in [0.15, 0.2) is 5.78 Å². The minimum atomic E-state index is -4.88. The van der Waals surface area contributed by atoms with Gasteiger partial charge in [0.1, 0.15) is 17.6 Å². The van der Waals surface area contributed by atoms with E-state index in [9.17, 15) is 32.8 Å². The van der Waals surface area contributed by atoms with E-state index in [4.69, 9.17) is 0 Å². The molecule has 1 saturated carbocycles. The van der Waals surface area contributed by atoms with Gasteiger partial charge in [0, 0.05) is 35.6 Å². The first-order chi connectivity index (χ1) is 17.0. The zero-order valence-electron chi connectivity index (χ0n) is 20.3. The number of hydrogen-bond donors (Lipinski definition) is 2. The first-order valence-electron chi connectivity index (χ1n) is 12.1. The summed E-state index contributed by atoms with van der Waals surface area (Å²) in [7, 11) is 0. The van der Waals surface area contributed by atoms with Gasteiger partial charge < -0.3 is 15.0 Å². The molecule has 1 amide bonds. The van der Waals surface area contributed by atoms with Gasteiger partial charge in [-0.2, -0.15) is 5.26 Å². The van der Waals surface area contributed by atoms with Gasteiger partial charge in [-0.3, -0.25) is 14.4 Å². The van der Waals surface area contributed by atoms with Crippen LogP contribution in [0.5, 0.6) is 5.75 Å². The second-order valence-corrected chi connectivity index (χ2v) is 9.74. The fourth-order valence-corrected chi connectivity index (χ4v) is 4.70. The molecule has 36 heavy (non-hydrogen) atoms. The lowest BCUT2D eigenvalue weighted by atomic mass is 9.83. The summed E-state index contributed by atoms with van der Waals surface area (Å²) in [6.07, 6.45) is -1.51. The third-order valence-corrected chi connectivity index (χ3v) is 6.38. The van der Waals surface area contributed by atoms with E-state index in [0.29, 0.717) is 24.8 Å². The zero-order chi connectivity index (χ0) is 26.5. The summed E-state index contributed by atoms with van der Waals surface area (Å²) < 4.78 is 42.3. The van der Waals surface area contributed by atoms with Gasteiger partial charge in [-0.05, 0) is 49.8 Å². The van der Waals surface area contributed by atoms with Crippen molar-refractivity contribution in [3.8, 4) is 11.8 Å². The van der Waals surface area contributed by atoms with Crippen LogP contribution in [0.15, 0.2) is 24.3 Å². The number of H-pyrrole nitrogens is 1. The average molecular weight is 506 g/mol. The summed E-state index contributed by atoms with van der Waals surface area (Å²) in [5, 5.41) is 12.4. The molecule has 0 unspecified atom stereocenters. The maximum atomic E-state index is 13.1. The van der Waals surface area contributed by atoms with Crippen molar-refractivity contribution in [3.63, 3.8) is 0 Å². The second-order valence-electron chi connectivity index (χ2n) is 9.74. The number of benzene rings is 1. The van der Waals surface area contributed by atoms with E-state index in [1.807, 2.05) is 13.8 Å². The summed E-state index contributed by atoms with van der Waals surface area (Å²) in [6.45, 7) is 3.80. The number of nitrogens with one attached hydrogen (secondary N) is 2. The first-order valence-corrected chi connectivity index (χ1v) is 12.1. The number of ketones is 2. The predicted octanol–water partition coefficient (Wildman–Crippen LogP) is 5.46. The van der Waals surface area contributed by atoms with Gasteiger partial charge in [-0.25, -0.2) is 0 Å². The summed E-state index contributed by atoms with van der Waals surface area (Å²) in [5.74, 6) is -2.15. The Labute approximate surface area is 207 Å². The van der Waals surface area contributed by atoms with E-state index >= 15 is 0 Å². The van der Waals surface area contributed by atoms with Crippen LogP contribution in [0.2, 0.25) is 0 Å². The van der Waals surface area contributed by atoms with Crippen LogP contribution in [0.1, 0.15) is 69.3 Å². The van der Waals surface area contributed by atoms with E-state index < -0.39 is 35.8 Å². The SMILES string of the molecule is CC(C)C[C@H](CC(=O)c1cc2c(OC(F)(F)F)cccc2[nH]1)C(=O)N[C@H](C#N)C[C@@H]1CCCCC1=O. The van der Waals surface area contributed by atoms with Crippen molar-refractivity contribution in [1.82, 2.24) is 10.3 Å². The van der Waals surface area contributed by atoms with Crippen molar-refractivity contribution in [2.24, 2.45) is 17.8 Å². The molecular weight excluding hydrogens is 475 g/mol. The van der Waals surface area contributed by atoms with Crippen molar-refractivity contribution in [2.45, 2.75) is 71.2 Å². The number of nitrogens with zero attached hydrogens (tertiary/aromatic N) is 1. The molecule has 1 aromatic heterocycles. The van der Waals surface area contributed by atoms with Gasteiger partial charge in [0.2, 0.25) is 5.91 Å². The second kappa shape index (κ2) is 11.6. The molecule has 1 aliphatic rings. The Balaban J connectivity index is 1.73. The number of ether oxygens (including phenoxy) is 1. The quantitative estimate of drug-likeness (QED) is 0.417. The molecule has 0 radical (unpaired) electrons. The van der Waals surface area contributed by atoms with Gasteiger partial charge >= 0.3 is 6.36 Å². The normalized spacial score (nSPS) is 18.0. The molecule has 0 aliphatic heterocycles. The van der Waals surface area contributed by atoms with Gasteiger partial charge in [0.05, 0.1) is 11.8 Å². The third kappa shape index (κ3) is 7.33. The summed E-state index contributed by atoms with van der Waals surface area (Å²) in [5.41, 5.74) is 0.362. The van der Waals surface area contributed by atoms with E-state index in [2.05, 4.69) is 21.1 Å². The van der Waals surface area contributed by atoms with Crippen LogP contribution in [0.25, 0.3) is 10.9 Å². The maximum Gasteiger partial charge on any atom is 0.573 e. The number of alkyl halides is 3. The Morgan fingerprint density at radius 1 is 1.28 bits per heavy atom. The lowest BCUT2D eigenvalue weighted by Crippen LogP contribution is -2.41. The van der Waals surface area contributed by atoms with E-state index in [-0.39, 0.29) is 41.5 Å². The molecular formula is C26H30F3N3O4. The monoisotopic (exact) mass is 505 g/mol. The molecule has 194 valence electrons. The Hall–Kier alpha value is -3.35. The Morgan fingerprint density at radius 2 is 2.03 bits per heavy atom. The number of hydrogen-bond acceptors (Lipinski definition) is 5. The van der Waals surface area contributed by atoms with Crippen LogP contribution < -0.4 is 10.1 Å². The topological polar surface area (TPSA) is 112 Å². The summed E-state index contributed by atoms with van der Waals surface area (Å²) in [6, 6.07) is 6.56. The zero-order valence-corrected chi connectivity index (χ0v) is 20.3. The molecule has 0 bridgehead atoms. The van der Waals surface area contributed by atoms with E-state index in [1.54, 1.807) is 0 Å². The molecule has 1 heterocycles. The molecule has 1 aliphatic carbocycles. The number of rotatable bonds is 10. The number of halogens is 3. The van der Waals surface area contributed by atoms with Crippen LogP contribution in [0.3, 0.4) is 0 Å². The fourth-order valence-electron chi connectivity index (χ4n) is 4.70. The molecule has 3 atom stereocenters.